The molecule has 3 rings (SSSR count). The summed E-state index contributed by atoms with van der Waals surface area (Å²) in [4.78, 5) is 26.4. The third kappa shape index (κ3) is 4.39. The van der Waals surface area contributed by atoms with Crippen LogP contribution in [0.15, 0.2) is 34.8 Å². The lowest BCUT2D eigenvalue weighted by atomic mass is 10.1. The number of carbonyl (C=O) groups excluding carboxylic acids is 2. The van der Waals surface area contributed by atoms with Gasteiger partial charge >= 0.3 is 0 Å². The zero-order chi connectivity index (χ0) is 19.6. The highest BCUT2D eigenvalue weighted by atomic mass is 79.9. The first-order valence-corrected chi connectivity index (χ1v) is 9.98. The van der Waals surface area contributed by atoms with Crippen LogP contribution in [0.25, 0.3) is 0 Å². The van der Waals surface area contributed by atoms with Crippen LogP contribution in [-0.4, -0.2) is 25.0 Å². The van der Waals surface area contributed by atoms with Gasteiger partial charge in [-0.25, -0.2) is 0 Å². The highest BCUT2D eigenvalue weighted by Gasteiger charge is 2.24. The Bertz CT molecular complexity index is 905. The van der Waals surface area contributed by atoms with Gasteiger partial charge in [-0.2, -0.15) is 0 Å². The first-order valence-electron chi connectivity index (χ1n) is 8.43. The molecule has 2 aromatic carbocycles. The fourth-order valence-electron chi connectivity index (χ4n) is 2.90. The molecule has 0 aromatic heterocycles. The molecule has 8 heteroatoms. The van der Waals surface area contributed by atoms with Crippen LogP contribution in [0.4, 0.5) is 11.4 Å². The van der Waals surface area contributed by atoms with Crippen molar-refractivity contribution in [1.82, 2.24) is 0 Å². The first kappa shape index (κ1) is 20.0. The molecule has 1 fully saturated rings. The van der Waals surface area contributed by atoms with Gasteiger partial charge in [0.1, 0.15) is 0 Å². The lowest BCUT2D eigenvalue weighted by Gasteiger charge is -2.18. The molecule has 2 aromatic rings. The summed E-state index contributed by atoms with van der Waals surface area (Å²) in [6.07, 6.45) is 1.26. The molecule has 0 atom stereocenters. The Morgan fingerprint density at radius 1 is 1.30 bits per heavy atom. The number of nitrogens with zero attached hydrogens (tertiary/aromatic N) is 1. The van der Waals surface area contributed by atoms with E-state index < -0.39 is 0 Å². The molecule has 0 radical (unpaired) electrons. The number of anilines is 2. The number of hydrogen-bond donors (Lipinski definition) is 1. The number of carbonyl (C=O) groups is 2. The fourth-order valence-corrected chi connectivity index (χ4v) is 4.05. The molecule has 27 heavy (non-hydrogen) atoms. The summed E-state index contributed by atoms with van der Waals surface area (Å²) < 4.78 is 6.25. The molecule has 1 heterocycles. The van der Waals surface area contributed by atoms with Crippen molar-refractivity contribution >= 4 is 62.3 Å². The molecule has 1 aliphatic heterocycles. The minimum Gasteiger partial charge on any atom is -0.491 e. The van der Waals surface area contributed by atoms with Crippen molar-refractivity contribution in [3.05, 3.63) is 50.4 Å². The maximum absolute atomic E-state index is 12.8. The third-order valence-electron chi connectivity index (χ3n) is 4.12. The number of halogens is 3. The summed E-state index contributed by atoms with van der Waals surface area (Å²) in [7, 11) is 0. The van der Waals surface area contributed by atoms with E-state index in [1.54, 1.807) is 35.2 Å². The minimum atomic E-state index is -0.352. The molecular weight excluding hydrogens is 455 g/mol. The van der Waals surface area contributed by atoms with E-state index in [1.165, 1.54) is 0 Å². The molecule has 142 valence electrons. The van der Waals surface area contributed by atoms with Crippen LogP contribution in [0.1, 0.15) is 30.1 Å². The van der Waals surface area contributed by atoms with E-state index in [4.69, 9.17) is 27.9 Å². The third-order valence-corrected chi connectivity index (χ3v) is 5.24. The van der Waals surface area contributed by atoms with Gasteiger partial charge in [-0.3, -0.25) is 9.59 Å². The molecule has 2 amide bonds. The summed E-state index contributed by atoms with van der Waals surface area (Å²) >= 11 is 15.7. The van der Waals surface area contributed by atoms with E-state index in [0.717, 1.165) is 6.42 Å². The van der Waals surface area contributed by atoms with Crippen LogP contribution < -0.4 is 15.0 Å². The normalized spacial score (nSPS) is 13.8. The monoisotopic (exact) mass is 470 g/mol. The summed E-state index contributed by atoms with van der Waals surface area (Å²) in [5.41, 5.74) is 1.38. The zero-order valence-corrected chi connectivity index (χ0v) is 17.6. The van der Waals surface area contributed by atoms with Crippen LogP contribution in [0, 0.1) is 0 Å². The second-order valence-electron chi connectivity index (χ2n) is 5.97. The molecular formula is C19H17BrCl2N2O3. The molecule has 0 bridgehead atoms. The van der Waals surface area contributed by atoms with Crippen molar-refractivity contribution in [2.75, 3.05) is 23.4 Å². The average Bonchev–Trinajstić information content (AvgIpc) is 3.04. The average molecular weight is 472 g/mol. The van der Waals surface area contributed by atoms with Gasteiger partial charge in [0.2, 0.25) is 5.91 Å². The topological polar surface area (TPSA) is 58.6 Å². The van der Waals surface area contributed by atoms with Crippen molar-refractivity contribution in [2.24, 2.45) is 0 Å². The number of nitrogens with one attached hydrogen (secondary N) is 1. The Balaban J connectivity index is 1.90. The number of ether oxygens (including phenoxy) is 1. The van der Waals surface area contributed by atoms with Crippen molar-refractivity contribution in [3.63, 3.8) is 0 Å². The van der Waals surface area contributed by atoms with Crippen molar-refractivity contribution in [3.8, 4) is 5.75 Å². The van der Waals surface area contributed by atoms with Crippen LogP contribution in [-0.2, 0) is 4.79 Å². The zero-order valence-electron chi connectivity index (χ0n) is 14.5. The Morgan fingerprint density at radius 3 is 2.74 bits per heavy atom. The summed E-state index contributed by atoms with van der Waals surface area (Å²) in [5, 5.41) is 3.71. The smallest absolute Gasteiger partial charge is 0.255 e. The minimum absolute atomic E-state index is 0.00635. The highest BCUT2D eigenvalue weighted by molar-refractivity contribution is 9.10. The van der Waals surface area contributed by atoms with Gasteiger partial charge in [-0.1, -0.05) is 23.2 Å². The maximum Gasteiger partial charge on any atom is 0.255 e. The lowest BCUT2D eigenvalue weighted by molar-refractivity contribution is -0.117. The van der Waals surface area contributed by atoms with Gasteiger partial charge in [-0.05, 0) is 59.6 Å². The summed E-state index contributed by atoms with van der Waals surface area (Å²) in [5.74, 6) is 0.153. The van der Waals surface area contributed by atoms with Crippen molar-refractivity contribution in [2.45, 2.75) is 19.8 Å². The van der Waals surface area contributed by atoms with Gasteiger partial charge in [-0.15, -0.1) is 0 Å². The maximum atomic E-state index is 12.8. The molecule has 0 spiro atoms. The Hall–Kier alpha value is -1.76. The second kappa shape index (κ2) is 8.50. The van der Waals surface area contributed by atoms with E-state index >= 15 is 0 Å². The molecule has 0 saturated carbocycles. The molecule has 1 N–H and O–H groups in total. The van der Waals surface area contributed by atoms with E-state index in [0.29, 0.717) is 56.8 Å². The number of hydrogen-bond acceptors (Lipinski definition) is 3. The Labute approximate surface area is 175 Å². The Kier molecular flexibility index (Phi) is 6.29. The van der Waals surface area contributed by atoms with Gasteiger partial charge in [0, 0.05) is 23.6 Å². The number of amides is 2. The quantitative estimate of drug-likeness (QED) is 0.623. The molecule has 0 aliphatic carbocycles. The predicted octanol–water partition coefficient (Wildman–Crippen LogP) is 5.53. The predicted molar refractivity (Wildman–Crippen MR) is 111 cm³/mol. The molecule has 0 unspecified atom stereocenters. The first-order chi connectivity index (χ1) is 12.9. The van der Waals surface area contributed by atoms with Gasteiger partial charge in [0.15, 0.2) is 5.75 Å². The van der Waals surface area contributed by atoms with Gasteiger partial charge in [0.25, 0.3) is 5.91 Å². The van der Waals surface area contributed by atoms with Crippen molar-refractivity contribution < 1.29 is 14.3 Å². The van der Waals surface area contributed by atoms with Gasteiger partial charge < -0.3 is 15.0 Å². The van der Waals surface area contributed by atoms with E-state index in [-0.39, 0.29) is 11.8 Å². The highest BCUT2D eigenvalue weighted by Crippen LogP contribution is 2.37. The number of benzene rings is 2. The van der Waals surface area contributed by atoms with Crippen LogP contribution in [0.5, 0.6) is 5.75 Å². The van der Waals surface area contributed by atoms with Crippen LogP contribution in [0.2, 0.25) is 10.0 Å². The summed E-state index contributed by atoms with van der Waals surface area (Å²) in [6, 6.07) is 8.18. The molecule has 1 saturated heterocycles. The molecule has 1 aliphatic rings. The lowest BCUT2D eigenvalue weighted by Crippen LogP contribution is -2.24. The SMILES string of the molecule is CCOc1c(Br)cc(Cl)cc1NC(=O)c1ccc(Cl)c(N2CCCC2=O)c1. The van der Waals surface area contributed by atoms with E-state index in [2.05, 4.69) is 21.2 Å². The standard InChI is InChI=1S/C19H17BrCl2N2O3/c1-2-27-18-13(20)9-12(21)10-15(18)23-19(26)11-5-6-14(22)16(8-11)24-7-3-4-17(24)25/h5-6,8-10H,2-4,7H2,1H3,(H,23,26). The second-order valence-corrected chi connectivity index (χ2v) is 7.66. The Morgan fingerprint density at radius 2 is 2.07 bits per heavy atom. The van der Waals surface area contributed by atoms with Gasteiger partial charge in [0.05, 0.1) is 27.5 Å². The van der Waals surface area contributed by atoms with Crippen molar-refractivity contribution in [1.29, 1.82) is 0 Å². The largest absolute Gasteiger partial charge is 0.491 e. The van der Waals surface area contributed by atoms with E-state index in [1.807, 2.05) is 6.92 Å². The molecule has 5 nitrogen and oxygen atoms in total. The van der Waals surface area contributed by atoms with Crippen LogP contribution >= 0.6 is 39.1 Å². The number of rotatable bonds is 5. The van der Waals surface area contributed by atoms with Crippen LogP contribution in [0.3, 0.4) is 0 Å². The fraction of sp³-hybridized carbons (Fsp3) is 0.263. The summed E-state index contributed by atoms with van der Waals surface area (Å²) in [6.45, 7) is 2.88. The van der Waals surface area contributed by atoms with E-state index in [9.17, 15) is 9.59 Å².